The van der Waals surface area contributed by atoms with Gasteiger partial charge in [-0.2, -0.15) is 0 Å². The van der Waals surface area contributed by atoms with Crippen LogP contribution in [-0.2, 0) is 9.59 Å². The zero-order valence-corrected chi connectivity index (χ0v) is 8.19. The van der Waals surface area contributed by atoms with E-state index < -0.39 is 6.04 Å². The van der Waals surface area contributed by atoms with E-state index in [0.717, 1.165) is 12.8 Å². The fourth-order valence-electron chi connectivity index (χ4n) is 0.685. The van der Waals surface area contributed by atoms with Crippen LogP contribution < -0.4 is 16.6 Å². The van der Waals surface area contributed by atoms with E-state index in [1.807, 2.05) is 0 Å². The van der Waals surface area contributed by atoms with E-state index in [-0.39, 0.29) is 30.1 Å². The van der Waals surface area contributed by atoms with Crippen LogP contribution in [0.3, 0.4) is 0 Å². The molecule has 0 saturated heterocycles. The first-order valence-corrected chi connectivity index (χ1v) is 3.96. The van der Waals surface area contributed by atoms with Crippen molar-refractivity contribution in [2.24, 2.45) is 11.7 Å². The number of rotatable bonds is 2. The van der Waals surface area contributed by atoms with Crippen LogP contribution in [0.1, 0.15) is 19.8 Å². The van der Waals surface area contributed by atoms with Crippen LogP contribution in [0, 0.1) is 5.92 Å². The number of carbonyl (C=O) groups is 2. The molecule has 0 bridgehead atoms. The van der Waals surface area contributed by atoms with Crippen molar-refractivity contribution >= 4 is 24.2 Å². The van der Waals surface area contributed by atoms with Gasteiger partial charge in [-0.25, -0.2) is 0 Å². The molecule has 1 aliphatic carbocycles. The van der Waals surface area contributed by atoms with Crippen LogP contribution in [0.25, 0.3) is 0 Å². The summed E-state index contributed by atoms with van der Waals surface area (Å²) in [6, 6.07) is -0.593. The van der Waals surface area contributed by atoms with Gasteiger partial charge in [0.2, 0.25) is 5.91 Å². The van der Waals surface area contributed by atoms with Gasteiger partial charge in [-0.15, -0.1) is 12.4 Å². The maximum atomic E-state index is 11.0. The molecule has 0 heterocycles. The van der Waals surface area contributed by atoms with Crippen LogP contribution in [0.4, 0.5) is 0 Å². The summed E-state index contributed by atoms with van der Waals surface area (Å²) in [6.07, 6.45) is 1.83. The lowest BCUT2D eigenvalue weighted by Gasteiger charge is -2.07. The lowest BCUT2D eigenvalue weighted by atomic mass is 10.3. The van der Waals surface area contributed by atoms with Gasteiger partial charge in [-0.05, 0) is 19.8 Å². The smallest absolute Gasteiger partial charge is 0.254 e. The summed E-state index contributed by atoms with van der Waals surface area (Å²) < 4.78 is 0. The Morgan fingerprint density at radius 1 is 1.38 bits per heavy atom. The minimum absolute atomic E-state index is 0. The zero-order chi connectivity index (χ0) is 9.14. The summed E-state index contributed by atoms with van der Waals surface area (Å²) >= 11 is 0. The standard InChI is InChI=1S/C7H13N3O2.ClH/c1-4(8)6(11)9-10-7(12)5-2-3-5;/h4-5H,2-3,8H2,1H3,(H,9,11)(H,10,12);1H/t4-;/m1./s1. The van der Waals surface area contributed by atoms with Gasteiger partial charge in [0.25, 0.3) is 5.91 Å². The fourth-order valence-corrected chi connectivity index (χ4v) is 0.685. The van der Waals surface area contributed by atoms with Crippen molar-refractivity contribution in [3.05, 3.63) is 0 Å². The van der Waals surface area contributed by atoms with E-state index in [0.29, 0.717) is 0 Å². The second kappa shape index (κ2) is 5.04. The molecule has 5 nitrogen and oxygen atoms in total. The van der Waals surface area contributed by atoms with E-state index in [1.54, 1.807) is 6.92 Å². The molecule has 0 spiro atoms. The van der Waals surface area contributed by atoms with E-state index in [9.17, 15) is 9.59 Å². The number of amides is 2. The van der Waals surface area contributed by atoms with Gasteiger partial charge in [0.15, 0.2) is 0 Å². The Labute approximate surface area is 82.8 Å². The summed E-state index contributed by atoms with van der Waals surface area (Å²) in [5, 5.41) is 0. The molecule has 6 heteroatoms. The van der Waals surface area contributed by atoms with E-state index >= 15 is 0 Å². The Morgan fingerprint density at radius 2 is 1.92 bits per heavy atom. The SMILES string of the molecule is C[C@@H](N)C(=O)NNC(=O)C1CC1.Cl. The highest BCUT2D eigenvalue weighted by Gasteiger charge is 2.29. The third kappa shape index (κ3) is 4.10. The first kappa shape index (κ1) is 12.2. The van der Waals surface area contributed by atoms with Gasteiger partial charge >= 0.3 is 0 Å². The quantitative estimate of drug-likeness (QED) is 0.525. The van der Waals surface area contributed by atoms with E-state index in [4.69, 9.17) is 5.73 Å². The highest BCUT2D eigenvalue weighted by Crippen LogP contribution is 2.28. The van der Waals surface area contributed by atoms with Crippen LogP contribution in [-0.4, -0.2) is 17.9 Å². The molecule has 13 heavy (non-hydrogen) atoms. The lowest BCUT2D eigenvalue weighted by molar-refractivity contribution is -0.130. The number of hydrogen-bond acceptors (Lipinski definition) is 3. The molecule has 0 aliphatic heterocycles. The zero-order valence-electron chi connectivity index (χ0n) is 7.37. The highest BCUT2D eigenvalue weighted by molar-refractivity contribution is 5.86. The molecule has 1 rings (SSSR count). The van der Waals surface area contributed by atoms with Gasteiger partial charge < -0.3 is 5.73 Å². The van der Waals surface area contributed by atoms with Crippen molar-refractivity contribution in [1.82, 2.24) is 10.9 Å². The maximum absolute atomic E-state index is 11.0. The fraction of sp³-hybridized carbons (Fsp3) is 0.714. The van der Waals surface area contributed by atoms with Crippen LogP contribution in [0.5, 0.6) is 0 Å². The molecule has 0 aromatic carbocycles. The molecule has 2 amide bonds. The van der Waals surface area contributed by atoms with Gasteiger partial charge in [0.05, 0.1) is 6.04 Å². The monoisotopic (exact) mass is 207 g/mol. The number of carbonyl (C=O) groups excluding carboxylic acids is 2. The molecule has 1 fully saturated rings. The third-order valence-electron chi connectivity index (χ3n) is 1.67. The topological polar surface area (TPSA) is 84.2 Å². The van der Waals surface area contributed by atoms with Gasteiger partial charge in [0.1, 0.15) is 0 Å². The molecule has 0 aromatic rings. The van der Waals surface area contributed by atoms with Crippen LogP contribution >= 0.6 is 12.4 Å². The number of hydrazine groups is 1. The van der Waals surface area contributed by atoms with E-state index in [2.05, 4.69) is 10.9 Å². The summed E-state index contributed by atoms with van der Waals surface area (Å²) in [5.41, 5.74) is 9.80. The molecule has 0 radical (unpaired) electrons. The molecule has 1 atom stereocenters. The van der Waals surface area contributed by atoms with Crippen molar-refractivity contribution in [3.8, 4) is 0 Å². The molecule has 1 aliphatic rings. The Hall–Kier alpha value is -0.810. The number of nitrogens with one attached hydrogen (secondary N) is 2. The van der Waals surface area contributed by atoms with Crippen molar-refractivity contribution in [2.75, 3.05) is 0 Å². The van der Waals surface area contributed by atoms with Crippen molar-refractivity contribution in [2.45, 2.75) is 25.8 Å². The third-order valence-corrected chi connectivity index (χ3v) is 1.67. The summed E-state index contributed by atoms with van der Waals surface area (Å²) in [5.74, 6) is -0.397. The molecule has 0 unspecified atom stereocenters. The molecule has 1 saturated carbocycles. The van der Waals surface area contributed by atoms with Gasteiger partial charge in [-0.3, -0.25) is 20.4 Å². The van der Waals surface area contributed by atoms with Gasteiger partial charge in [0, 0.05) is 5.92 Å². The van der Waals surface area contributed by atoms with Gasteiger partial charge in [-0.1, -0.05) is 0 Å². The Kier molecular flexibility index (Phi) is 4.72. The number of halogens is 1. The predicted molar refractivity (Wildman–Crippen MR) is 49.9 cm³/mol. The Balaban J connectivity index is 0.00000144. The number of nitrogens with two attached hydrogens (primary N) is 1. The first-order chi connectivity index (χ1) is 5.61. The van der Waals surface area contributed by atoms with Crippen molar-refractivity contribution < 1.29 is 9.59 Å². The van der Waals surface area contributed by atoms with E-state index in [1.165, 1.54) is 0 Å². The van der Waals surface area contributed by atoms with Crippen molar-refractivity contribution in [3.63, 3.8) is 0 Å². The summed E-state index contributed by atoms with van der Waals surface area (Å²) in [7, 11) is 0. The average Bonchev–Trinajstić information content (AvgIpc) is 2.81. The molecule has 4 N–H and O–H groups in total. The Morgan fingerprint density at radius 3 is 2.31 bits per heavy atom. The Bertz CT molecular complexity index is 190. The number of hydrogen-bond donors (Lipinski definition) is 3. The second-order valence-corrected chi connectivity index (χ2v) is 3.04. The maximum Gasteiger partial charge on any atom is 0.254 e. The summed E-state index contributed by atoms with van der Waals surface area (Å²) in [4.78, 5) is 21.8. The van der Waals surface area contributed by atoms with Crippen molar-refractivity contribution in [1.29, 1.82) is 0 Å². The molecular formula is C7H14ClN3O2. The molecular weight excluding hydrogens is 194 g/mol. The minimum Gasteiger partial charge on any atom is -0.320 e. The largest absolute Gasteiger partial charge is 0.320 e. The minimum atomic E-state index is -0.593. The molecule has 0 aromatic heterocycles. The van der Waals surface area contributed by atoms with Crippen LogP contribution in [0.15, 0.2) is 0 Å². The predicted octanol–water partition coefficient (Wildman–Crippen LogP) is -0.687. The lowest BCUT2D eigenvalue weighted by Crippen LogP contribution is -2.48. The summed E-state index contributed by atoms with van der Waals surface area (Å²) in [6.45, 7) is 1.55. The molecule has 76 valence electrons. The average molecular weight is 208 g/mol. The second-order valence-electron chi connectivity index (χ2n) is 3.04. The highest BCUT2D eigenvalue weighted by atomic mass is 35.5. The van der Waals surface area contributed by atoms with Crippen LogP contribution in [0.2, 0.25) is 0 Å². The first-order valence-electron chi connectivity index (χ1n) is 3.96. The normalized spacial score (nSPS) is 16.8.